The largest absolute Gasteiger partial charge is 0.362 e. The second-order valence-corrected chi connectivity index (χ2v) is 5.56. The van der Waals surface area contributed by atoms with Crippen LogP contribution in [0.25, 0.3) is 0 Å². The van der Waals surface area contributed by atoms with Gasteiger partial charge in [0.25, 0.3) is 0 Å². The molecule has 2 aliphatic carbocycles. The lowest BCUT2D eigenvalue weighted by Gasteiger charge is -2.29. The van der Waals surface area contributed by atoms with E-state index in [1.54, 1.807) is 0 Å². The second-order valence-electron chi connectivity index (χ2n) is 5.15. The third kappa shape index (κ3) is 3.63. The molecule has 2 unspecified atom stereocenters. The Morgan fingerprint density at radius 3 is 2.60 bits per heavy atom. The Kier molecular flexibility index (Phi) is 3.84. The molecule has 2 N–H and O–H groups in total. The van der Waals surface area contributed by atoms with Crippen molar-refractivity contribution in [3.63, 3.8) is 0 Å². The first-order valence-electron chi connectivity index (χ1n) is 6.30. The van der Waals surface area contributed by atoms with Gasteiger partial charge in [-0.05, 0) is 43.3 Å². The molecule has 0 bridgehead atoms. The van der Waals surface area contributed by atoms with Crippen LogP contribution in [0.5, 0.6) is 0 Å². The summed E-state index contributed by atoms with van der Waals surface area (Å²) >= 11 is 5.26. The first kappa shape index (κ1) is 11.2. The van der Waals surface area contributed by atoms with E-state index >= 15 is 0 Å². The van der Waals surface area contributed by atoms with Crippen LogP contribution in [0.3, 0.4) is 0 Å². The highest BCUT2D eigenvalue weighted by Gasteiger charge is 2.23. The maximum absolute atomic E-state index is 5.26. The molecule has 2 saturated carbocycles. The van der Waals surface area contributed by atoms with Crippen molar-refractivity contribution in [3.05, 3.63) is 0 Å². The summed E-state index contributed by atoms with van der Waals surface area (Å²) in [5.74, 6) is 1.70. The average Bonchev–Trinajstić information content (AvgIpc) is 3.00. The molecule has 15 heavy (non-hydrogen) atoms. The number of hydrogen-bond donors (Lipinski definition) is 2. The minimum Gasteiger partial charge on any atom is -0.362 e. The standard InChI is InChI=1S/C12H22N2S/c1-9-4-2-3-5-10(9)8-13-12(15)14-11-6-7-11/h9-11H,2-8H2,1H3,(H2,13,14,15). The van der Waals surface area contributed by atoms with Crippen molar-refractivity contribution in [2.24, 2.45) is 11.8 Å². The molecule has 2 fully saturated rings. The summed E-state index contributed by atoms with van der Waals surface area (Å²) in [6.45, 7) is 3.45. The van der Waals surface area contributed by atoms with Gasteiger partial charge in [0.1, 0.15) is 0 Å². The van der Waals surface area contributed by atoms with E-state index in [9.17, 15) is 0 Å². The molecule has 0 aromatic rings. The van der Waals surface area contributed by atoms with Gasteiger partial charge in [-0.2, -0.15) is 0 Å². The van der Waals surface area contributed by atoms with Crippen molar-refractivity contribution in [1.82, 2.24) is 10.6 Å². The summed E-state index contributed by atoms with van der Waals surface area (Å²) in [5, 5.41) is 7.57. The molecule has 0 spiro atoms. The maximum atomic E-state index is 5.26. The predicted octanol–water partition coefficient (Wildman–Crippen LogP) is 2.44. The van der Waals surface area contributed by atoms with E-state index in [1.165, 1.54) is 38.5 Å². The third-order valence-corrected chi connectivity index (χ3v) is 3.99. The number of nitrogens with one attached hydrogen (secondary N) is 2. The van der Waals surface area contributed by atoms with Gasteiger partial charge in [-0.15, -0.1) is 0 Å². The van der Waals surface area contributed by atoms with Crippen LogP contribution in [-0.2, 0) is 0 Å². The molecular weight excluding hydrogens is 204 g/mol. The first-order valence-corrected chi connectivity index (χ1v) is 6.71. The van der Waals surface area contributed by atoms with Crippen LogP contribution in [0, 0.1) is 11.8 Å². The summed E-state index contributed by atoms with van der Waals surface area (Å²) < 4.78 is 0. The average molecular weight is 226 g/mol. The Bertz CT molecular complexity index is 226. The first-order chi connectivity index (χ1) is 7.25. The van der Waals surface area contributed by atoms with Gasteiger partial charge in [0.05, 0.1) is 0 Å². The van der Waals surface area contributed by atoms with Crippen LogP contribution in [0.4, 0.5) is 0 Å². The van der Waals surface area contributed by atoms with Crippen molar-refractivity contribution in [1.29, 1.82) is 0 Å². The highest BCUT2D eigenvalue weighted by atomic mass is 32.1. The number of rotatable bonds is 3. The molecule has 2 nitrogen and oxygen atoms in total. The summed E-state index contributed by atoms with van der Waals surface area (Å²) in [6, 6.07) is 0.675. The Labute approximate surface area is 98.2 Å². The molecular formula is C12H22N2S. The fourth-order valence-corrected chi connectivity index (χ4v) is 2.63. The molecule has 3 heteroatoms. The predicted molar refractivity (Wildman–Crippen MR) is 67.9 cm³/mol. The quantitative estimate of drug-likeness (QED) is 0.723. The summed E-state index contributed by atoms with van der Waals surface area (Å²) in [7, 11) is 0. The van der Waals surface area contributed by atoms with Crippen molar-refractivity contribution in [2.75, 3.05) is 6.54 Å². The van der Waals surface area contributed by atoms with Gasteiger partial charge in [-0.25, -0.2) is 0 Å². The molecule has 2 atom stereocenters. The van der Waals surface area contributed by atoms with Gasteiger partial charge in [0, 0.05) is 12.6 Å². The van der Waals surface area contributed by atoms with Crippen LogP contribution in [0.1, 0.15) is 45.4 Å². The molecule has 2 rings (SSSR count). The molecule has 0 saturated heterocycles. The van der Waals surface area contributed by atoms with E-state index in [2.05, 4.69) is 17.6 Å². The van der Waals surface area contributed by atoms with Crippen LogP contribution >= 0.6 is 12.2 Å². The zero-order valence-corrected chi connectivity index (χ0v) is 10.4. The number of hydrogen-bond acceptors (Lipinski definition) is 1. The summed E-state index contributed by atoms with van der Waals surface area (Å²) in [5.41, 5.74) is 0. The topological polar surface area (TPSA) is 24.1 Å². The van der Waals surface area contributed by atoms with E-state index in [1.807, 2.05) is 0 Å². The fraction of sp³-hybridized carbons (Fsp3) is 0.917. The van der Waals surface area contributed by atoms with E-state index in [0.29, 0.717) is 6.04 Å². The van der Waals surface area contributed by atoms with E-state index in [-0.39, 0.29) is 0 Å². The second kappa shape index (κ2) is 5.15. The summed E-state index contributed by atoms with van der Waals surface area (Å²) in [4.78, 5) is 0. The van der Waals surface area contributed by atoms with Crippen LogP contribution < -0.4 is 10.6 Å². The summed E-state index contributed by atoms with van der Waals surface area (Å²) in [6.07, 6.45) is 8.18. The van der Waals surface area contributed by atoms with Crippen molar-refractivity contribution in [3.8, 4) is 0 Å². The molecule has 86 valence electrons. The van der Waals surface area contributed by atoms with Crippen molar-refractivity contribution in [2.45, 2.75) is 51.5 Å². The van der Waals surface area contributed by atoms with Crippen molar-refractivity contribution >= 4 is 17.3 Å². The molecule has 0 aromatic carbocycles. The van der Waals surface area contributed by atoms with Gasteiger partial charge < -0.3 is 10.6 Å². The van der Waals surface area contributed by atoms with Gasteiger partial charge in [0.15, 0.2) is 5.11 Å². The minimum absolute atomic E-state index is 0.675. The van der Waals surface area contributed by atoms with Gasteiger partial charge in [-0.3, -0.25) is 0 Å². The minimum atomic E-state index is 0.675. The Morgan fingerprint density at radius 2 is 1.93 bits per heavy atom. The lowest BCUT2D eigenvalue weighted by atomic mass is 9.80. The monoisotopic (exact) mass is 226 g/mol. The van der Waals surface area contributed by atoms with Crippen LogP contribution in [-0.4, -0.2) is 17.7 Å². The van der Waals surface area contributed by atoms with Crippen molar-refractivity contribution < 1.29 is 0 Å². The molecule has 2 aliphatic rings. The smallest absolute Gasteiger partial charge is 0.166 e. The lowest BCUT2D eigenvalue weighted by molar-refractivity contribution is 0.256. The van der Waals surface area contributed by atoms with E-state index < -0.39 is 0 Å². The molecule has 0 radical (unpaired) electrons. The zero-order chi connectivity index (χ0) is 10.7. The van der Waals surface area contributed by atoms with E-state index in [0.717, 1.165) is 23.5 Å². The van der Waals surface area contributed by atoms with Gasteiger partial charge in [0.2, 0.25) is 0 Å². The van der Waals surface area contributed by atoms with Gasteiger partial charge in [-0.1, -0.05) is 26.2 Å². The lowest BCUT2D eigenvalue weighted by Crippen LogP contribution is -2.40. The fourth-order valence-electron chi connectivity index (χ4n) is 2.38. The van der Waals surface area contributed by atoms with Crippen LogP contribution in [0.2, 0.25) is 0 Å². The zero-order valence-electron chi connectivity index (χ0n) is 9.59. The van der Waals surface area contributed by atoms with Gasteiger partial charge >= 0.3 is 0 Å². The SMILES string of the molecule is CC1CCCCC1CNC(=S)NC1CC1. The van der Waals surface area contributed by atoms with E-state index in [4.69, 9.17) is 12.2 Å². The normalized spacial score (nSPS) is 31.0. The van der Waals surface area contributed by atoms with Crippen LogP contribution in [0.15, 0.2) is 0 Å². The molecule has 0 amide bonds. The Hall–Kier alpha value is -0.310. The maximum Gasteiger partial charge on any atom is 0.166 e. The Morgan fingerprint density at radius 1 is 1.20 bits per heavy atom. The molecule has 0 aromatic heterocycles. The number of thiocarbonyl (C=S) groups is 1. The molecule has 0 aliphatic heterocycles. The highest BCUT2D eigenvalue weighted by Crippen LogP contribution is 2.28. The third-order valence-electron chi connectivity index (χ3n) is 3.73. The molecule has 0 heterocycles. The Balaban J connectivity index is 1.64. The highest BCUT2D eigenvalue weighted by molar-refractivity contribution is 7.80.